The van der Waals surface area contributed by atoms with Crippen molar-refractivity contribution in [3.63, 3.8) is 0 Å². The van der Waals surface area contributed by atoms with Gasteiger partial charge in [-0.25, -0.2) is 0 Å². The molecule has 4 heteroatoms. The lowest BCUT2D eigenvalue weighted by atomic mass is 10.1. The van der Waals surface area contributed by atoms with Crippen LogP contribution >= 0.6 is 27.5 Å². The monoisotopic (exact) mass is 325 g/mol. The largest absolute Gasteiger partial charge is 0.483 e. The Kier molecular flexibility index (Phi) is 4.15. The summed E-state index contributed by atoms with van der Waals surface area (Å²) >= 11 is 9.32. The number of anilines is 1. The molecule has 18 heavy (non-hydrogen) atoms. The van der Waals surface area contributed by atoms with Crippen LogP contribution in [-0.4, -0.2) is 0 Å². The molecule has 0 amide bonds. The predicted octanol–water partition coefficient (Wildman–Crippen LogP) is 4.82. The molecule has 2 aromatic carbocycles. The van der Waals surface area contributed by atoms with E-state index >= 15 is 0 Å². The van der Waals surface area contributed by atoms with Gasteiger partial charge >= 0.3 is 0 Å². The van der Waals surface area contributed by atoms with Crippen LogP contribution < -0.4 is 10.5 Å². The number of hydrogen-bond acceptors (Lipinski definition) is 2. The maximum atomic E-state index is 5.91. The van der Waals surface area contributed by atoms with Crippen LogP contribution in [0.3, 0.4) is 0 Å². The molecule has 0 fully saturated rings. The predicted molar refractivity (Wildman–Crippen MR) is 79.0 cm³/mol. The maximum Gasteiger partial charge on any atom is 0.157 e. The van der Waals surface area contributed by atoms with Crippen molar-refractivity contribution in [2.24, 2.45) is 0 Å². The van der Waals surface area contributed by atoms with E-state index in [1.165, 1.54) is 0 Å². The Bertz CT molecular complexity index is 522. The molecule has 0 aliphatic rings. The summed E-state index contributed by atoms with van der Waals surface area (Å²) in [6, 6.07) is 13.4. The lowest BCUT2D eigenvalue weighted by Gasteiger charge is -2.18. The Morgan fingerprint density at radius 1 is 1.22 bits per heavy atom. The Balaban J connectivity index is 2.25. The van der Waals surface area contributed by atoms with Crippen LogP contribution in [0.1, 0.15) is 18.6 Å². The van der Waals surface area contributed by atoms with Gasteiger partial charge in [0.2, 0.25) is 0 Å². The van der Waals surface area contributed by atoms with Crippen molar-refractivity contribution in [1.29, 1.82) is 0 Å². The molecule has 1 atom stereocenters. The van der Waals surface area contributed by atoms with Crippen LogP contribution in [0.2, 0.25) is 5.02 Å². The molecule has 0 bridgehead atoms. The second-order valence-corrected chi connectivity index (χ2v) is 5.27. The number of hydrogen-bond donors (Lipinski definition) is 1. The van der Waals surface area contributed by atoms with Crippen LogP contribution in [0.4, 0.5) is 5.69 Å². The molecular weight excluding hydrogens is 314 g/mol. The second kappa shape index (κ2) is 5.63. The average molecular weight is 327 g/mol. The topological polar surface area (TPSA) is 35.2 Å². The zero-order valence-electron chi connectivity index (χ0n) is 9.86. The van der Waals surface area contributed by atoms with Gasteiger partial charge in [0.05, 0.1) is 10.2 Å². The summed E-state index contributed by atoms with van der Waals surface area (Å²) < 4.78 is 6.65. The first-order chi connectivity index (χ1) is 8.58. The van der Waals surface area contributed by atoms with Crippen molar-refractivity contribution < 1.29 is 4.74 Å². The first-order valence-electron chi connectivity index (χ1n) is 5.54. The number of rotatable bonds is 3. The lowest BCUT2D eigenvalue weighted by molar-refractivity contribution is 0.227. The van der Waals surface area contributed by atoms with Gasteiger partial charge < -0.3 is 10.5 Å². The fourth-order valence-corrected chi connectivity index (χ4v) is 2.60. The summed E-state index contributed by atoms with van der Waals surface area (Å²) in [7, 11) is 0. The molecule has 0 radical (unpaired) electrons. The third-order valence-corrected chi connectivity index (χ3v) is 3.41. The minimum Gasteiger partial charge on any atom is -0.483 e. The Labute approximate surface area is 120 Å². The Morgan fingerprint density at radius 3 is 2.50 bits per heavy atom. The van der Waals surface area contributed by atoms with Crippen molar-refractivity contribution in [3.05, 3.63) is 57.5 Å². The standard InChI is InChI=1S/C14H13BrClNO/c1-9(10-5-3-2-4-6-10)18-14-12(15)7-11(16)8-13(14)17/h2-9H,17H2,1H3. The van der Waals surface area contributed by atoms with E-state index in [-0.39, 0.29) is 6.10 Å². The van der Waals surface area contributed by atoms with E-state index in [1.807, 2.05) is 37.3 Å². The van der Waals surface area contributed by atoms with Gasteiger partial charge in [0.25, 0.3) is 0 Å². The highest BCUT2D eigenvalue weighted by molar-refractivity contribution is 9.10. The summed E-state index contributed by atoms with van der Waals surface area (Å²) in [5, 5.41) is 0.582. The van der Waals surface area contributed by atoms with Gasteiger partial charge in [0, 0.05) is 5.02 Å². The van der Waals surface area contributed by atoms with Crippen molar-refractivity contribution in [3.8, 4) is 5.75 Å². The summed E-state index contributed by atoms with van der Waals surface area (Å²) in [5.41, 5.74) is 7.53. The van der Waals surface area contributed by atoms with Gasteiger partial charge in [-0.05, 0) is 40.5 Å². The third-order valence-electron chi connectivity index (χ3n) is 2.60. The molecule has 0 saturated heterocycles. The molecule has 0 aliphatic heterocycles. The highest BCUT2D eigenvalue weighted by Gasteiger charge is 2.13. The number of nitrogen functional groups attached to an aromatic ring is 1. The maximum absolute atomic E-state index is 5.91. The molecule has 2 rings (SSSR count). The molecule has 2 aromatic rings. The highest BCUT2D eigenvalue weighted by atomic mass is 79.9. The van der Waals surface area contributed by atoms with Crippen molar-refractivity contribution in [2.45, 2.75) is 13.0 Å². The van der Waals surface area contributed by atoms with E-state index in [2.05, 4.69) is 15.9 Å². The first-order valence-corrected chi connectivity index (χ1v) is 6.71. The Morgan fingerprint density at radius 2 is 1.89 bits per heavy atom. The summed E-state index contributed by atoms with van der Waals surface area (Å²) in [4.78, 5) is 0. The van der Waals surface area contributed by atoms with Gasteiger partial charge in [0.1, 0.15) is 6.10 Å². The van der Waals surface area contributed by atoms with Crippen molar-refractivity contribution in [2.75, 3.05) is 5.73 Å². The number of nitrogens with two attached hydrogens (primary N) is 1. The van der Waals surface area contributed by atoms with Gasteiger partial charge in [-0.15, -0.1) is 0 Å². The zero-order chi connectivity index (χ0) is 13.1. The quantitative estimate of drug-likeness (QED) is 0.820. The normalized spacial score (nSPS) is 12.2. The number of ether oxygens (including phenoxy) is 1. The van der Waals surface area contributed by atoms with Crippen LogP contribution in [0.15, 0.2) is 46.9 Å². The average Bonchev–Trinajstić information content (AvgIpc) is 2.34. The van der Waals surface area contributed by atoms with Crippen molar-refractivity contribution in [1.82, 2.24) is 0 Å². The minimum absolute atomic E-state index is 0.0778. The number of benzene rings is 2. The summed E-state index contributed by atoms with van der Waals surface area (Å²) in [6.45, 7) is 1.98. The van der Waals surface area contributed by atoms with Gasteiger partial charge in [-0.3, -0.25) is 0 Å². The molecular formula is C14H13BrClNO. The molecule has 94 valence electrons. The molecule has 0 saturated carbocycles. The SMILES string of the molecule is CC(Oc1c(N)cc(Cl)cc1Br)c1ccccc1. The van der Waals surface area contributed by atoms with Crippen LogP contribution in [0, 0.1) is 0 Å². The third kappa shape index (κ3) is 2.98. The molecule has 2 nitrogen and oxygen atoms in total. The van der Waals surface area contributed by atoms with E-state index < -0.39 is 0 Å². The van der Waals surface area contributed by atoms with Gasteiger partial charge in [-0.2, -0.15) is 0 Å². The lowest BCUT2D eigenvalue weighted by Crippen LogP contribution is -2.05. The summed E-state index contributed by atoms with van der Waals surface area (Å²) in [5.74, 6) is 0.621. The van der Waals surface area contributed by atoms with E-state index in [0.29, 0.717) is 16.5 Å². The fraction of sp³-hybridized carbons (Fsp3) is 0.143. The van der Waals surface area contributed by atoms with Crippen LogP contribution in [0.25, 0.3) is 0 Å². The second-order valence-electron chi connectivity index (χ2n) is 3.98. The number of halogens is 2. The smallest absolute Gasteiger partial charge is 0.157 e. The van der Waals surface area contributed by atoms with Crippen molar-refractivity contribution >= 4 is 33.2 Å². The van der Waals surface area contributed by atoms with Gasteiger partial charge in [-0.1, -0.05) is 41.9 Å². The van der Waals surface area contributed by atoms with E-state index in [9.17, 15) is 0 Å². The van der Waals surface area contributed by atoms with Crippen LogP contribution in [-0.2, 0) is 0 Å². The molecule has 0 aromatic heterocycles. The Hall–Kier alpha value is -1.19. The first kappa shape index (κ1) is 13.2. The molecule has 0 aliphatic carbocycles. The molecule has 0 spiro atoms. The molecule has 2 N–H and O–H groups in total. The fourth-order valence-electron chi connectivity index (χ4n) is 1.67. The summed E-state index contributed by atoms with van der Waals surface area (Å²) in [6.07, 6.45) is -0.0778. The van der Waals surface area contributed by atoms with E-state index in [0.717, 1.165) is 10.0 Å². The highest BCUT2D eigenvalue weighted by Crippen LogP contribution is 2.37. The van der Waals surface area contributed by atoms with Crippen LogP contribution in [0.5, 0.6) is 5.75 Å². The molecule has 1 unspecified atom stereocenters. The van der Waals surface area contributed by atoms with E-state index in [1.54, 1.807) is 12.1 Å². The minimum atomic E-state index is -0.0778. The van der Waals surface area contributed by atoms with Gasteiger partial charge in [0.15, 0.2) is 5.75 Å². The molecule has 0 heterocycles. The van der Waals surface area contributed by atoms with E-state index in [4.69, 9.17) is 22.1 Å². The zero-order valence-corrected chi connectivity index (χ0v) is 12.2.